The summed E-state index contributed by atoms with van der Waals surface area (Å²) in [6.07, 6.45) is 15.4. The highest BCUT2D eigenvalue weighted by Crippen LogP contribution is 2.66. The second-order valence-corrected chi connectivity index (χ2v) is 13.7. The van der Waals surface area contributed by atoms with Crippen LogP contribution in [0, 0.1) is 64.1 Å². The van der Waals surface area contributed by atoms with E-state index in [4.69, 9.17) is 0 Å². The summed E-state index contributed by atoms with van der Waals surface area (Å²) in [5, 5.41) is 3.73. The Kier molecular flexibility index (Phi) is 4.26. The smallest absolute Gasteiger partial charge is 0.157 e. The van der Waals surface area contributed by atoms with Gasteiger partial charge in [0.05, 0.1) is 0 Å². The molecule has 174 valence electrons. The van der Waals surface area contributed by atoms with Crippen LogP contribution in [0.1, 0.15) is 84.5 Å². The third-order valence-corrected chi connectivity index (χ3v) is 12.5. The quantitative estimate of drug-likeness (QED) is 0.619. The zero-order valence-electron chi connectivity index (χ0n) is 20.1. The van der Waals surface area contributed by atoms with Crippen molar-refractivity contribution in [2.75, 3.05) is 6.54 Å². The van der Waals surface area contributed by atoms with Crippen molar-refractivity contribution in [3.8, 4) is 0 Å². The first-order chi connectivity index (χ1) is 15.4. The van der Waals surface area contributed by atoms with Crippen molar-refractivity contribution in [2.24, 2.45) is 64.1 Å². The summed E-state index contributed by atoms with van der Waals surface area (Å²) in [4.78, 5) is 26.3. The summed E-state index contributed by atoms with van der Waals surface area (Å²) >= 11 is 0. The molecule has 7 aliphatic carbocycles. The molecule has 32 heavy (non-hydrogen) atoms. The lowest BCUT2D eigenvalue weighted by Crippen LogP contribution is -2.57. The van der Waals surface area contributed by atoms with Gasteiger partial charge in [0.1, 0.15) is 5.78 Å². The fraction of sp³-hybridized carbons (Fsp3) is 0.862. The highest BCUT2D eigenvalue weighted by Gasteiger charge is 2.62. The lowest BCUT2D eigenvalue weighted by atomic mass is 9.47. The largest absolute Gasteiger partial charge is 0.387 e. The summed E-state index contributed by atoms with van der Waals surface area (Å²) in [7, 11) is 0. The molecule has 3 unspecified atom stereocenters. The standard InChI is InChI=1S/C29H41NO2/c1-28-8-6-23-21(15-30-25-14-20(31)5-7-29(23,25)2)22(28)3-4-24(28)27(32)26-18-10-16-9-17(12-18)13-19(26)11-16/h14,16-19,21-24,26,30H,3-13,15H2,1-2H3/t16?,17?,18?,19?,21?,22?,23?,24-,26?,28+,29-/m1/s1. The molecule has 3 nitrogen and oxygen atoms in total. The molecule has 7 fully saturated rings. The Bertz CT molecular complexity index is 862. The van der Waals surface area contributed by atoms with E-state index < -0.39 is 0 Å². The first kappa shape index (κ1) is 20.3. The van der Waals surface area contributed by atoms with Gasteiger partial charge in [-0.1, -0.05) is 13.8 Å². The van der Waals surface area contributed by atoms with E-state index in [1.807, 2.05) is 6.08 Å². The third-order valence-electron chi connectivity index (χ3n) is 12.5. The Labute approximate surface area is 193 Å². The molecular weight excluding hydrogens is 394 g/mol. The minimum atomic E-state index is 0.141. The molecule has 0 aromatic heterocycles. The van der Waals surface area contributed by atoms with Crippen molar-refractivity contribution in [1.29, 1.82) is 0 Å². The molecule has 0 aromatic rings. The van der Waals surface area contributed by atoms with Crippen LogP contribution in [0.25, 0.3) is 0 Å². The molecule has 4 bridgehead atoms. The Morgan fingerprint density at radius 3 is 2.38 bits per heavy atom. The van der Waals surface area contributed by atoms with Crippen molar-refractivity contribution in [1.82, 2.24) is 5.32 Å². The van der Waals surface area contributed by atoms with Gasteiger partial charge in [-0.25, -0.2) is 0 Å². The van der Waals surface area contributed by atoms with Gasteiger partial charge in [-0.2, -0.15) is 0 Å². The molecule has 1 aliphatic heterocycles. The van der Waals surface area contributed by atoms with Gasteiger partial charge in [-0.05, 0) is 111 Å². The number of piperidine rings is 1. The molecule has 0 aromatic carbocycles. The van der Waals surface area contributed by atoms with E-state index in [2.05, 4.69) is 19.2 Å². The average molecular weight is 436 g/mol. The van der Waals surface area contributed by atoms with Crippen LogP contribution in [0.2, 0.25) is 0 Å². The second kappa shape index (κ2) is 6.72. The van der Waals surface area contributed by atoms with Crippen LogP contribution in [-0.4, -0.2) is 18.1 Å². The van der Waals surface area contributed by atoms with E-state index in [-0.39, 0.29) is 10.8 Å². The van der Waals surface area contributed by atoms with E-state index >= 15 is 0 Å². The number of Topliss-reactive ketones (excluding diaryl/α,β-unsaturated/α-hetero) is 1. The van der Waals surface area contributed by atoms with Gasteiger partial charge in [0.2, 0.25) is 0 Å². The average Bonchev–Trinajstić information content (AvgIpc) is 3.10. The van der Waals surface area contributed by atoms with Gasteiger partial charge in [0, 0.05) is 42.0 Å². The van der Waals surface area contributed by atoms with Gasteiger partial charge in [-0.15, -0.1) is 0 Å². The maximum Gasteiger partial charge on any atom is 0.157 e. The number of carbonyl (C=O) groups is 2. The number of hydrogen-bond donors (Lipinski definition) is 1. The Balaban J connectivity index is 1.15. The Hall–Kier alpha value is -1.12. The second-order valence-electron chi connectivity index (χ2n) is 13.7. The maximum absolute atomic E-state index is 14.2. The topological polar surface area (TPSA) is 46.2 Å². The van der Waals surface area contributed by atoms with E-state index in [1.165, 1.54) is 57.1 Å². The molecule has 1 saturated heterocycles. The first-order valence-corrected chi connectivity index (χ1v) is 13.9. The van der Waals surface area contributed by atoms with Crippen molar-refractivity contribution in [3.05, 3.63) is 11.8 Å². The molecular formula is C29H41NO2. The van der Waals surface area contributed by atoms with Crippen LogP contribution in [0.4, 0.5) is 0 Å². The molecule has 0 radical (unpaired) electrons. The zero-order chi connectivity index (χ0) is 21.8. The van der Waals surface area contributed by atoms with E-state index in [9.17, 15) is 9.59 Å². The van der Waals surface area contributed by atoms with E-state index in [0.29, 0.717) is 47.6 Å². The minimum absolute atomic E-state index is 0.141. The van der Waals surface area contributed by atoms with Crippen LogP contribution in [0.15, 0.2) is 11.8 Å². The molecule has 1 N–H and O–H groups in total. The van der Waals surface area contributed by atoms with Gasteiger partial charge in [-0.3, -0.25) is 9.59 Å². The molecule has 8 rings (SSSR count). The summed E-state index contributed by atoms with van der Waals surface area (Å²) in [6, 6.07) is 0. The van der Waals surface area contributed by atoms with Crippen molar-refractivity contribution in [2.45, 2.75) is 84.5 Å². The Morgan fingerprint density at radius 1 is 0.938 bits per heavy atom. The lowest BCUT2D eigenvalue weighted by Gasteiger charge is -2.59. The molecule has 8 aliphatic rings. The fourth-order valence-corrected chi connectivity index (χ4v) is 11.2. The van der Waals surface area contributed by atoms with Crippen LogP contribution < -0.4 is 5.32 Å². The highest BCUT2D eigenvalue weighted by molar-refractivity contribution is 5.91. The number of carbonyl (C=O) groups excluding carboxylic acids is 2. The van der Waals surface area contributed by atoms with Gasteiger partial charge < -0.3 is 5.32 Å². The molecule has 1 heterocycles. The highest BCUT2D eigenvalue weighted by atomic mass is 16.1. The lowest BCUT2D eigenvalue weighted by molar-refractivity contribution is -0.146. The summed E-state index contributed by atoms with van der Waals surface area (Å²) in [6.45, 7) is 5.94. The van der Waals surface area contributed by atoms with Crippen molar-refractivity contribution >= 4 is 11.6 Å². The minimum Gasteiger partial charge on any atom is -0.387 e. The van der Waals surface area contributed by atoms with Crippen molar-refractivity contribution in [3.63, 3.8) is 0 Å². The van der Waals surface area contributed by atoms with Crippen LogP contribution in [0.3, 0.4) is 0 Å². The fourth-order valence-electron chi connectivity index (χ4n) is 11.2. The predicted octanol–water partition coefficient (Wildman–Crippen LogP) is 5.54. The molecule has 0 amide bonds. The number of nitrogens with one attached hydrogen (secondary N) is 1. The van der Waals surface area contributed by atoms with Gasteiger partial charge in [0.25, 0.3) is 0 Å². The number of fused-ring (bicyclic) bond motifs is 5. The van der Waals surface area contributed by atoms with Crippen LogP contribution in [-0.2, 0) is 9.59 Å². The number of ketones is 2. The molecule has 3 heteroatoms. The van der Waals surface area contributed by atoms with Gasteiger partial charge >= 0.3 is 0 Å². The number of hydrogen-bond acceptors (Lipinski definition) is 3. The maximum atomic E-state index is 14.2. The van der Waals surface area contributed by atoms with Crippen LogP contribution >= 0.6 is 0 Å². The Morgan fingerprint density at radius 2 is 1.66 bits per heavy atom. The molecule has 6 saturated carbocycles. The zero-order valence-corrected chi connectivity index (χ0v) is 20.1. The summed E-state index contributed by atoms with van der Waals surface area (Å²) in [5.41, 5.74) is 1.57. The normalized spacial score (nSPS) is 55.5. The first-order valence-electron chi connectivity index (χ1n) is 13.9. The van der Waals surface area contributed by atoms with Gasteiger partial charge in [0.15, 0.2) is 5.78 Å². The third kappa shape index (κ3) is 2.60. The summed E-state index contributed by atoms with van der Waals surface area (Å²) in [5.74, 6) is 7.08. The number of rotatable bonds is 2. The molecule has 0 spiro atoms. The predicted molar refractivity (Wildman–Crippen MR) is 125 cm³/mol. The SMILES string of the molecule is C[C@]12CCC(=O)C=C1NCC1C2CC[C@@]2(C)C1CC[C@@H]2C(=O)C1C2CC3CC(C2)CC1C3. The number of allylic oxidation sites excluding steroid dienone is 2. The van der Waals surface area contributed by atoms with Crippen LogP contribution in [0.5, 0.6) is 0 Å². The van der Waals surface area contributed by atoms with E-state index in [1.54, 1.807) is 0 Å². The van der Waals surface area contributed by atoms with Crippen molar-refractivity contribution < 1.29 is 9.59 Å². The summed E-state index contributed by atoms with van der Waals surface area (Å²) < 4.78 is 0. The molecule has 6 atom stereocenters. The monoisotopic (exact) mass is 435 g/mol. The van der Waals surface area contributed by atoms with E-state index in [0.717, 1.165) is 43.1 Å².